The smallest absolute Gasteiger partial charge is 0.406 e. The number of amides is 1. The zero-order valence-electron chi connectivity index (χ0n) is 7.64. The van der Waals surface area contributed by atoms with E-state index < -0.39 is 18.0 Å². The zero-order chi connectivity index (χ0) is 12.5. The van der Waals surface area contributed by atoms with Crippen LogP contribution in [0.4, 0.5) is 18.9 Å². The molecule has 1 aromatic carbocycles. The number of hydrogen-bond acceptors (Lipinski definition) is 3. The lowest BCUT2D eigenvalue weighted by atomic mass is 10.2. The van der Waals surface area contributed by atoms with Gasteiger partial charge in [-0.25, -0.2) is 0 Å². The molecule has 0 heterocycles. The van der Waals surface area contributed by atoms with E-state index >= 15 is 0 Å². The van der Waals surface area contributed by atoms with Gasteiger partial charge >= 0.3 is 6.36 Å². The quantitative estimate of drug-likeness (QED) is 0.820. The molecular weight excluding hydrogens is 293 g/mol. The first kappa shape index (κ1) is 12.6. The largest absolute Gasteiger partial charge is 0.573 e. The highest BCUT2D eigenvalue weighted by Crippen LogP contribution is 2.32. The molecule has 1 rings (SSSR count). The van der Waals surface area contributed by atoms with E-state index in [9.17, 15) is 18.0 Å². The highest BCUT2D eigenvalue weighted by atomic mass is 79.9. The van der Waals surface area contributed by atoms with Gasteiger partial charge in [-0.15, -0.1) is 13.2 Å². The average molecular weight is 299 g/mol. The third-order valence-electron chi connectivity index (χ3n) is 1.57. The molecule has 1 aromatic rings. The Kier molecular flexibility index (Phi) is 3.32. The van der Waals surface area contributed by atoms with Crippen LogP contribution < -0.4 is 16.2 Å². The third kappa shape index (κ3) is 3.02. The lowest BCUT2D eigenvalue weighted by Gasteiger charge is -2.11. The summed E-state index contributed by atoms with van der Waals surface area (Å²) < 4.78 is 39.5. The van der Waals surface area contributed by atoms with E-state index in [2.05, 4.69) is 20.7 Å². The summed E-state index contributed by atoms with van der Waals surface area (Å²) in [5.41, 5.74) is 10.1. The van der Waals surface area contributed by atoms with Crippen molar-refractivity contribution in [2.45, 2.75) is 6.36 Å². The fourth-order valence-corrected chi connectivity index (χ4v) is 1.42. The minimum Gasteiger partial charge on any atom is -0.406 e. The van der Waals surface area contributed by atoms with Gasteiger partial charge in [0, 0.05) is 6.07 Å². The van der Waals surface area contributed by atoms with Gasteiger partial charge in [0.25, 0.3) is 0 Å². The van der Waals surface area contributed by atoms with E-state index in [0.717, 1.165) is 12.1 Å². The Hall–Kier alpha value is -1.44. The van der Waals surface area contributed by atoms with Crippen LogP contribution in [-0.4, -0.2) is 12.3 Å². The molecule has 0 saturated heterocycles. The maximum Gasteiger partial charge on any atom is 0.573 e. The Bertz CT molecular complexity index is 434. The number of carbonyl (C=O) groups is 1. The van der Waals surface area contributed by atoms with Crippen molar-refractivity contribution in [1.29, 1.82) is 0 Å². The molecule has 0 aromatic heterocycles. The van der Waals surface area contributed by atoms with Gasteiger partial charge in [-0.2, -0.15) is 0 Å². The van der Waals surface area contributed by atoms with Crippen molar-refractivity contribution in [3.05, 3.63) is 22.2 Å². The molecule has 0 radical (unpaired) electrons. The molecule has 0 saturated carbocycles. The summed E-state index contributed by atoms with van der Waals surface area (Å²) in [6, 6.07) is 1.79. The number of ether oxygens (including phenoxy) is 1. The highest BCUT2D eigenvalue weighted by Gasteiger charge is 2.31. The SMILES string of the molecule is NC(=O)c1cc(OC(F)(F)F)cc(N)c1Br. The van der Waals surface area contributed by atoms with Crippen LogP contribution in [0, 0.1) is 0 Å². The Balaban J connectivity index is 3.19. The maximum atomic E-state index is 11.9. The molecule has 0 aliphatic rings. The third-order valence-corrected chi connectivity index (χ3v) is 2.46. The van der Waals surface area contributed by atoms with E-state index in [4.69, 9.17) is 11.5 Å². The van der Waals surface area contributed by atoms with Crippen molar-refractivity contribution >= 4 is 27.5 Å². The summed E-state index contributed by atoms with van der Waals surface area (Å²) in [4.78, 5) is 10.9. The number of alkyl halides is 3. The van der Waals surface area contributed by atoms with Gasteiger partial charge in [-0.1, -0.05) is 0 Å². The number of rotatable bonds is 2. The number of primary amides is 1. The van der Waals surface area contributed by atoms with Crippen LogP contribution in [0.15, 0.2) is 16.6 Å². The average Bonchev–Trinajstić information content (AvgIpc) is 2.07. The first-order valence-corrected chi connectivity index (χ1v) is 4.64. The fourth-order valence-electron chi connectivity index (χ4n) is 0.991. The summed E-state index contributed by atoms with van der Waals surface area (Å²) >= 11 is 2.93. The van der Waals surface area contributed by atoms with Crippen LogP contribution in [0.25, 0.3) is 0 Å². The molecule has 0 atom stereocenters. The molecule has 0 unspecified atom stereocenters. The predicted molar refractivity (Wildman–Crippen MR) is 53.8 cm³/mol. The van der Waals surface area contributed by atoms with E-state index in [1.807, 2.05) is 0 Å². The monoisotopic (exact) mass is 298 g/mol. The molecule has 0 bridgehead atoms. The zero-order valence-corrected chi connectivity index (χ0v) is 9.22. The van der Waals surface area contributed by atoms with Crippen LogP contribution in [0.2, 0.25) is 0 Å². The van der Waals surface area contributed by atoms with E-state index in [1.54, 1.807) is 0 Å². The Morgan fingerprint density at radius 2 is 1.94 bits per heavy atom. The van der Waals surface area contributed by atoms with Crippen LogP contribution in [-0.2, 0) is 0 Å². The molecule has 1 amide bonds. The number of hydrogen-bond donors (Lipinski definition) is 2. The lowest BCUT2D eigenvalue weighted by Crippen LogP contribution is -2.18. The number of nitrogen functional groups attached to an aromatic ring is 1. The number of carbonyl (C=O) groups excluding carboxylic acids is 1. The summed E-state index contributed by atoms with van der Waals surface area (Å²) in [7, 11) is 0. The summed E-state index contributed by atoms with van der Waals surface area (Å²) in [5.74, 6) is -1.51. The van der Waals surface area contributed by atoms with Crippen LogP contribution >= 0.6 is 15.9 Å². The molecule has 88 valence electrons. The number of nitrogens with two attached hydrogens (primary N) is 2. The first-order chi connectivity index (χ1) is 7.20. The molecular formula is C8H6BrF3N2O2. The minimum atomic E-state index is -4.85. The molecule has 0 fully saturated rings. The topological polar surface area (TPSA) is 78.3 Å². The lowest BCUT2D eigenvalue weighted by molar-refractivity contribution is -0.274. The fraction of sp³-hybridized carbons (Fsp3) is 0.125. The van der Waals surface area contributed by atoms with Crippen molar-refractivity contribution in [3.63, 3.8) is 0 Å². The molecule has 4 N–H and O–H groups in total. The second kappa shape index (κ2) is 4.20. The van der Waals surface area contributed by atoms with Crippen molar-refractivity contribution in [2.75, 3.05) is 5.73 Å². The van der Waals surface area contributed by atoms with Gasteiger partial charge in [0.05, 0.1) is 15.7 Å². The first-order valence-electron chi connectivity index (χ1n) is 3.85. The standard InChI is InChI=1S/C8H6BrF3N2O2/c9-6-4(7(14)15)1-3(2-5(6)13)16-8(10,11)12/h1-2H,13H2,(H2,14,15). The molecule has 0 spiro atoms. The second-order valence-electron chi connectivity index (χ2n) is 2.79. The van der Waals surface area contributed by atoms with Crippen molar-refractivity contribution in [3.8, 4) is 5.75 Å². The van der Waals surface area contributed by atoms with Crippen LogP contribution in [0.5, 0.6) is 5.75 Å². The minimum absolute atomic E-state index is 0.0736. The summed E-state index contributed by atoms with van der Waals surface area (Å²) in [6.45, 7) is 0. The summed E-state index contributed by atoms with van der Waals surface area (Å²) in [5, 5.41) is 0. The highest BCUT2D eigenvalue weighted by molar-refractivity contribution is 9.10. The van der Waals surface area contributed by atoms with Gasteiger partial charge in [0.15, 0.2) is 0 Å². The van der Waals surface area contributed by atoms with Crippen molar-refractivity contribution in [2.24, 2.45) is 5.73 Å². The molecule has 4 nitrogen and oxygen atoms in total. The van der Waals surface area contributed by atoms with Gasteiger partial charge < -0.3 is 16.2 Å². The summed E-state index contributed by atoms with van der Waals surface area (Å²) in [6.07, 6.45) is -4.85. The molecule has 0 aliphatic heterocycles. The van der Waals surface area contributed by atoms with E-state index in [1.165, 1.54) is 0 Å². The van der Waals surface area contributed by atoms with E-state index in [0.29, 0.717) is 0 Å². The van der Waals surface area contributed by atoms with Crippen molar-refractivity contribution < 1.29 is 22.7 Å². The van der Waals surface area contributed by atoms with Gasteiger partial charge in [-0.3, -0.25) is 4.79 Å². The van der Waals surface area contributed by atoms with Gasteiger partial charge in [-0.05, 0) is 22.0 Å². The molecule has 8 heteroatoms. The number of halogens is 4. The van der Waals surface area contributed by atoms with Crippen LogP contribution in [0.1, 0.15) is 10.4 Å². The van der Waals surface area contributed by atoms with Crippen LogP contribution in [0.3, 0.4) is 0 Å². The van der Waals surface area contributed by atoms with Crippen molar-refractivity contribution in [1.82, 2.24) is 0 Å². The Morgan fingerprint density at radius 1 is 1.38 bits per heavy atom. The number of anilines is 1. The number of benzene rings is 1. The molecule has 0 aliphatic carbocycles. The molecule has 16 heavy (non-hydrogen) atoms. The van der Waals surface area contributed by atoms with Gasteiger partial charge in [0.1, 0.15) is 5.75 Å². The second-order valence-corrected chi connectivity index (χ2v) is 3.58. The Labute approximate surface area is 96.5 Å². The maximum absolute atomic E-state index is 11.9. The normalized spacial score (nSPS) is 11.2. The van der Waals surface area contributed by atoms with E-state index in [-0.39, 0.29) is 15.7 Å². The Morgan fingerprint density at radius 3 is 2.38 bits per heavy atom. The van der Waals surface area contributed by atoms with Gasteiger partial charge in [0.2, 0.25) is 5.91 Å². The predicted octanol–water partition coefficient (Wildman–Crippen LogP) is 2.03.